The van der Waals surface area contributed by atoms with E-state index in [9.17, 15) is 9.59 Å². The van der Waals surface area contributed by atoms with Crippen LogP contribution in [0.3, 0.4) is 0 Å². The van der Waals surface area contributed by atoms with Crippen molar-refractivity contribution < 1.29 is 9.59 Å². The Morgan fingerprint density at radius 2 is 1.08 bits per heavy atom. The van der Waals surface area contributed by atoms with Gasteiger partial charge in [-0.1, -0.05) is 62.4 Å². The minimum atomic E-state index is -0.0370. The molecular formula is C22H22O2S. The second-order valence-electron chi connectivity index (χ2n) is 5.57. The van der Waals surface area contributed by atoms with Crippen LogP contribution in [0.4, 0.5) is 0 Å². The Morgan fingerprint density at radius 3 is 1.40 bits per heavy atom. The van der Waals surface area contributed by atoms with E-state index in [2.05, 4.69) is 13.8 Å². The maximum absolute atomic E-state index is 12.0. The van der Waals surface area contributed by atoms with E-state index >= 15 is 0 Å². The largest absolute Gasteiger partial charge is 0.289 e. The number of rotatable bonds is 8. The third kappa shape index (κ3) is 5.87. The van der Waals surface area contributed by atoms with Crippen LogP contribution in [-0.4, -0.2) is 11.6 Å². The minimum absolute atomic E-state index is 0.0370. The number of benzene rings is 2. The molecule has 0 spiro atoms. The molecule has 0 aromatic heterocycles. The summed E-state index contributed by atoms with van der Waals surface area (Å²) < 4.78 is 0. The van der Waals surface area contributed by atoms with Gasteiger partial charge in [0.1, 0.15) is 0 Å². The first-order valence-electron chi connectivity index (χ1n) is 8.39. The number of carbonyl (C=O) groups excluding carboxylic acids is 2. The molecule has 0 saturated carbocycles. The Labute approximate surface area is 153 Å². The number of aryl methyl sites for hydroxylation is 2. The second kappa shape index (κ2) is 9.80. The van der Waals surface area contributed by atoms with Gasteiger partial charge in [0.05, 0.1) is 0 Å². The summed E-state index contributed by atoms with van der Waals surface area (Å²) in [7, 11) is 0. The van der Waals surface area contributed by atoms with Crippen LogP contribution in [0.5, 0.6) is 0 Å². The highest BCUT2D eigenvalue weighted by molar-refractivity contribution is 8.04. The van der Waals surface area contributed by atoms with Crippen LogP contribution >= 0.6 is 11.8 Å². The lowest BCUT2D eigenvalue weighted by Gasteiger charge is -1.98. The van der Waals surface area contributed by atoms with Crippen LogP contribution in [0.1, 0.15) is 45.7 Å². The minimum Gasteiger partial charge on any atom is -0.289 e. The van der Waals surface area contributed by atoms with E-state index in [-0.39, 0.29) is 11.6 Å². The summed E-state index contributed by atoms with van der Waals surface area (Å²) in [6.45, 7) is 4.17. The number of ketones is 2. The zero-order chi connectivity index (χ0) is 18.1. The fourth-order valence-electron chi connectivity index (χ4n) is 2.25. The number of carbonyl (C=O) groups is 2. The van der Waals surface area contributed by atoms with Gasteiger partial charge in [-0.15, -0.1) is 11.8 Å². The van der Waals surface area contributed by atoms with E-state index in [0.29, 0.717) is 11.1 Å². The smallest absolute Gasteiger partial charge is 0.186 e. The van der Waals surface area contributed by atoms with Crippen LogP contribution in [0, 0.1) is 0 Å². The normalized spacial score (nSPS) is 11.3. The number of thioether (sulfide) groups is 1. The van der Waals surface area contributed by atoms with Crippen molar-refractivity contribution in [1.82, 2.24) is 0 Å². The molecule has 0 bridgehead atoms. The van der Waals surface area contributed by atoms with E-state index in [1.807, 2.05) is 48.5 Å². The Kier molecular flexibility index (Phi) is 7.42. The summed E-state index contributed by atoms with van der Waals surface area (Å²) in [6.07, 6.45) is 4.97. The monoisotopic (exact) mass is 350 g/mol. The van der Waals surface area contributed by atoms with Gasteiger partial charge in [0, 0.05) is 11.1 Å². The SMILES string of the molecule is CCc1ccc(C(=O)/C=C\S/C=C/C(=O)c2ccc(CC)cc2)cc1. The number of hydrogen-bond donors (Lipinski definition) is 0. The Balaban J connectivity index is 1.85. The summed E-state index contributed by atoms with van der Waals surface area (Å²) in [5.41, 5.74) is 3.77. The average Bonchev–Trinajstić information content (AvgIpc) is 2.67. The first-order chi connectivity index (χ1) is 12.1. The highest BCUT2D eigenvalue weighted by atomic mass is 32.2. The molecular weight excluding hydrogens is 328 g/mol. The van der Waals surface area contributed by atoms with Crippen LogP contribution in [0.15, 0.2) is 71.5 Å². The van der Waals surface area contributed by atoms with Gasteiger partial charge in [-0.25, -0.2) is 0 Å². The third-order valence-electron chi connectivity index (χ3n) is 3.89. The molecule has 0 unspecified atom stereocenters. The summed E-state index contributed by atoms with van der Waals surface area (Å²) in [5, 5.41) is 3.39. The van der Waals surface area contributed by atoms with Gasteiger partial charge in [-0.2, -0.15) is 0 Å². The maximum Gasteiger partial charge on any atom is 0.186 e. The molecule has 0 aliphatic heterocycles. The van der Waals surface area contributed by atoms with Crippen molar-refractivity contribution >= 4 is 23.3 Å². The first-order valence-corrected chi connectivity index (χ1v) is 9.33. The van der Waals surface area contributed by atoms with Gasteiger partial charge < -0.3 is 0 Å². The van der Waals surface area contributed by atoms with Crippen LogP contribution in [-0.2, 0) is 12.8 Å². The molecule has 0 aliphatic rings. The van der Waals surface area contributed by atoms with E-state index in [1.54, 1.807) is 10.8 Å². The van der Waals surface area contributed by atoms with Gasteiger partial charge in [0.2, 0.25) is 0 Å². The summed E-state index contributed by atoms with van der Waals surface area (Å²) in [6, 6.07) is 15.2. The molecule has 2 aromatic carbocycles. The molecule has 0 saturated heterocycles. The number of allylic oxidation sites excluding steroid dienone is 2. The molecule has 0 heterocycles. The zero-order valence-corrected chi connectivity index (χ0v) is 15.4. The Hall–Kier alpha value is -2.39. The fraction of sp³-hybridized carbons (Fsp3) is 0.182. The molecule has 0 radical (unpaired) electrons. The molecule has 2 rings (SSSR count). The summed E-state index contributed by atoms with van der Waals surface area (Å²) >= 11 is 1.31. The summed E-state index contributed by atoms with van der Waals surface area (Å²) in [4.78, 5) is 24.1. The summed E-state index contributed by atoms with van der Waals surface area (Å²) in [5.74, 6) is -0.0740. The molecule has 2 nitrogen and oxygen atoms in total. The van der Waals surface area contributed by atoms with Crippen molar-refractivity contribution in [1.29, 1.82) is 0 Å². The first kappa shape index (κ1) is 18.9. The van der Waals surface area contributed by atoms with Crippen molar-refractivity contribution in [2.75, 3.05) is 0 Å². The van der Waals surface area contributed by atoms with E-state index < -0.39 is 0 Å². The van der Waals surface area contributed by atoms with Crippen molar-refractivity contribution in [3.8, 4) is 0 Å². The Morgan fingerprint density at radius 1 is 0.720 bits per heavy atom. The lowest BCUT2D eigenvalue weighted by atomic mass is 10.1. The zero-order valence-electron chi connectivity index (χ0n) is 14.6. The van der Waals surface area contributed by atoms with Crippen LogP contribution < -0.4 is 0 Å². The van der Waals surface area contributed by atoms with Crippen molar-refractivity contribution in [3.05, 3.63) is 93.8 Å². The molecule has 0 N–H and O–H groups in total. The quantitative estimate of drug-likeness (QED) is 0.456. The van der Waals surface area contributed by atoms with Gasteiger partial charge >= 0.3 is 0 Å². The van der Waals surface area contributed by atoms with Crippen molar-refractivity contribution in [3.63, 3.8) is 0 Å². The Bertz CT molecular complexity index is 701. The standard InChI is InChI=1S/C22H22O2S/c1-3-17-5-9-19(10-6-17)21(23)13-15-25-16-14-22(24)20-11-7-18(4-2)8-12-20/h5-16H,3-4H2,1-2H3/b15-13-,16-14+. The topological polar surface area (TPSA) is 34.1 Å². The highest BCUT2D eigenvalue weighted by Crippen LogP contribution is 2.11. The second-order valence-corrected chi connectivity index (χ2v) is 6.39. The molecule has 25 heavy (non-hydrogen) atoms. The van der Waals surface area contributed by atoms with Gasteiger partial charge in [-0.3, -0.25) is 9.59 Å². The average molecular weight is 350 g/mol. The van der Waals surface area contributed by atoms with Gasteiger partial charge in [-0.05, 0) is 46.9 Å². The van der Waals surface area contributed by atoms with Crippen LogP contribution in [0.25, 0.3) is 0 Å². The fourth-order valence-corrected chi connectivity index (χ4v) is 2.74. The predicted octanol–water partition coefficient (Wildman–Crippen LogP) is 5.64. The number of hydrogen-bond acceptors (Lipinski definition) is 3. The van der Waals surface area contributed by atoms with Gasteiger partial charge in [0.15, 0.2) is 11.6 Å². The lowest BCUT2D eigenvalue weighted by molar-refractivity contribution is 0.103. The van der Waals surface area contributed by atoms with E-state index in [4.69, 9.17) is 0 Å². The molecule has 0 fully saturated rings. The van der Waals surface area contributed by atoms with Crippen LogP contribution in [0.2, 0.25) is 0 Å². The molecule has 3 heteroatoms. The molecule has 0 aliphatic carbocycles. The van der Waals surface area contributed by atoms with Crippen molar-refractivity contribution in [2.45, 2.75) is 26.7 Å². The molecule has 2 aromatic rings. The molecule has 128 valence electrons. The van der Waals surface area contributed by atoms with E-state index in [1.165, 1.54) is 35.0 Å². The van der Waals surface area contributed by atoms with Gasteiger partial charge in [0.25, 0.3) is 0 Å². The third-order valence-corrected chi connectivity index (χ3v) is 4.48. The predicted molar refractivity (Wildman–Crippen MR) is 106 cm³/mol. The van der Waals surface area contributed by atoms with Crippen molar-refractivity contribution in [2.24, 2.45) is 0 Å². The maximum atomic E-state index is 12.0. The molecule has 0 atom stereocenters. The molecule has 0 amide bonds. The highest BCUT2D eigenvalue weighted by Gasteiger charge is 2.02. The van der Waals surface area contributed by atoms with E-state index in [0.717, 1.165) is 12.8 Å². The lowest BCUT2D eigenvalue weighted by Crippen LogP contribution is -1.94.